The molecule has 0 aliphatic heterocycles. The van der Waals surface area contributed by atoms with Crippen LogP contribution in [-0.2, 0) is 20.9 Å². The molecule has 0 saturated carbocycles. The van der Waals surface area contributed by atoms with Crippen molar-refractivity contribution in [1.82, 2.24) is 9.71 Å². The predicted octanol–water partition coefficient (Wildman–Crippen LogP) is 4.92. The number of hydrogen-bond acceptors (Lipinski definition) is 6. The molecule has 0 fully saturated rings. The Balaban J connectivity index is 2.07. The standard InChI is InChI=1S/C23H21ClF4N2O5S/c1-12-9-14(20(29-11-12)21(31)19-17(25)5-4-6-18(19)34-2)22(35-3)30-36(32,33)13-7-8-16(24)15(10-13)23(26,27)28/h4-11,21-22,30-31H,1-3H3. The van der Waals surface area contributed by atoms with Crippen LogP contribution in [0.15, 0.2) is 53.6 Å². The van der Waals surface area contributed by atoms with Gasteiger partial charge in [-0.3, -0.25) is 4.98 Å². The summed E-state index contributed by atoms with van der Waals surface area (Å²) in [6.07, 6.45) is -6.74. The molecule has 0 aliphatic carbocycles. The zero-order valence-electron chi connectivity index (χ0n) is 19.1. The largest absolute Gasteiger partial charge is 0.496 e. The van der Waals surface area contributed by atoms with Crippen molar-refractivity contribution in [1.29, 1.82) is 0 Å². The minimum absolute atomic E-state index is 0.00360. The number of halogens is 5. The summed E-state index contributed by atoms with van der Waals surface area (Å²) in [7, 11) is -2.19. The Morgan fingerprint density at radius 1 is 1.14 bits per heavy atom. The lowest BCUT2D eigenvalue weighted by atomic mass is 9.99. The summed E-state index contributed by atoms with van der Waals surface area (Å²) in [5.41, 5.74) is -1.20. The molecule has 0 aliphatic rings. The number of rotatable bonds is 8. The van der Waals surface area contributed by atoms with Crippen LogP contribution < -0.4 is 9.46 Å². The zero-order valence-corrected chi connectivity index (χ0v) is 20.7. The number of sulfonamides is 1. The Morgan fingerprint density at radius 2 is 1.83 bits per heavy atom. The number of pyridine rings is 1. The summed E-state index contributed by atoms with van der Waals surface area (Å²) in [4.78, 5) is 3.42. The highest BCUT2D eigenvalue weighted by Gasteiger charge is 2.35. The van der Waals surface area contributed by atoms with E-state index in [1.54, 1.807) is 6.92 Å². The number of benzene rings is 2. The number of nitrogens with one attached hydrogen (secondary N) is 1. The minimum atomic E-state index is -4.89. The van der Waals surface area contributed by atoms with E-state index in [1.807, 2.05) is 0 Å². The number of aromatic nitrogens is 1. The third-order valence-corrected chi connectivity index (χ3v) is 6.91. The first-order valence-electron chi connectivity index (χ1n) is 10.2. The van der Waals surface area contributed by atoms with Gasteiger partial charge in [0.1, 0.15) is 23.9 Å². The van der Waals surface area contributed by atoms with Crippen LogP contribution in [0, 0.1) is 12.7 Å². The second-order valence-corrected chi connectivity index (χ2v) is 9.74. The second kappa shape index (κ2) is 10.7. The average Bonchev–Trinajstić information content (AvgIpc) is 2.81. The third-order valence-electron chi connectivity index (χ3n) is 5.19. The molecular formula is C23H21ClF4N2O5S. The van der Waals surface area contributed by atoms with Gasteiger partial charge in [0.25, 0.3) is 0 Å². The van der Waals surface area contributed by atoms with E-state index in [-0.39, 0.29) is 22.6 Å². The molecule has 0 saturated heterocycles. The van der Waals surface area contributed by atoms with Gasteiger partial charge in [0.15, 0.2) is 0 Å². The SMILES string of the molecule is COc1cccc(F)c1C(O)c1ncc(C)cc1C(NS(=O)(=O)c1ccc(Cl)c(C(F)(F)F)c1)OC. The van der Waals surface area contributed by atoms with Gasteiger partial charge in [-0.15, -0.1) is 0 Å². The van der Waals surface area contributed by atoms with Gasteiger partial charge in [0.2, 0.25) is 10.0 Å². The normalized spacial score (nSPS) is 13.9. The number of aryl methyl sites for hydroxylation is 1. The van der Waals surface area contributed by atoms with Gasteiger partial charge in [0.05, 0.1) is 33.8 Å². The van der Waals surface area contributed by atoms with Crippen molar-refractivity contribution in [2.75, 3.05) is 14.2 Å². The molecule has 0 spiro atoms. The molecular weight excluding hydrogens is 528 g/mol. The first-order chi connectivity index (χ1) is 16.8. The summed E-state index contributed by atoms with van der Waals surface area (Å²) in [6, 6.07) is 7.45. The van der Waals surface area contributed by atoms with Gasteiger partial charge >= 0.3 is 6.18 Å². The van der Waals surface area contributed by atoms with E-state index in [0.717, 1.165) is 25.3 Å². The number of ether oxygens (including phenoxy) is 2. The van der Waals surface area contributed by atoms with E-state index in [2.05, 4.69) is 9.71 Å². The van der Waals surface area contributed by atoms with Crippen LogP contribution >= 0.6 is 11.6 Å². The first-order valence-corrected chi connectivity index (χ1v) is 12.0. The Bertz CT molecular complexity index is 1370. The number of methoxy groups -OCH3 is 2. The Morgan fingerprint density at radius 3 is 2.44 bits per heavy atom. The highest BCUT2D eigenvalue weighted by atomic mass is 35.5. The maximum Gasteiger partial charge on any atom is 0.417 e. The minimum Gasteiger partial charge on any atom is -0.496 e. The number of aliphatic hydroxyl groups is 1. The van der Waals surface area contributed by atoms with Gasteiger partial charge in [-0.25, -0.2) is 12.8 Å². The lowest BCUT2D eigenvalue weighted by Gasteiger charge is -2.24. The fraction of sp³-hybridized carbons (Fsp3) is 0.261. The molecule has 1 heterocycles. The van der Waals surface area contributed by atoms with E-state index < -0.39 is 49.8 Å². The van der Waals surface area contributed by atoms with E-state index in [9.17, 15) is 31.1 Å². The monoisotopic (exact) mass is 548 g/mol. The molecule has 3 rings (SSSR count). The van der Waals surface area contributed by atoms with E-state index in [0.29, 0.717) is 11.6 Å². The summed E-state index contributed by atoms with van der Waals surface area (Å²) in [5, 5.41) is 10.3. The molecule has 13 heteroatoms. The fourth-order valence-corrected chi connectivity index (χ4v) is 4.86. The molecule has 7 nitrogen and oxygen atoms in total. The molecule has 0 amide bonds. The molecule has 194 valence electrons. The van der Waals surface area contributed by atoms with Gasteiger partial charge in [-0.1, -0.05) is 17.7 Å². The fourth-order valence-electron chi connectivity index (χ4n) is 3.47. The highest BCUT2D eigenvalue weighted by molar-refractivity contribution is 7.89. The number of hydrogen-bond donors (Lipinski definition) is 2. The number of aliphatic hydroxyl groups excluding tert-OH is 1. The summed E-state index contributed by atoms with van der Waals surface area (Å²) in [5.74, 6) is -0.781. The topological polar surface area (TPSA) is 97.8 Å². The van der Waals surface area contributed by atoms with Crippen molar-refractivity contribution >= 4 is 21.6 Å². The van der Waals surface area contributed by atoms with Crippen LogP contribution in [0.4, 0.5) is 17.6 Å². The Kier molecular flexibility index (Phi) is 8.26. The predicted molar refractivity (Wildman–Crippen MR) is 123 cm³/mol. The van der Waals surface area contributed by atoms with Crippen molar-refractivity contribution in [3.8, 4) is 5.75 Å². The molecule has 2 N–H and O–H groups in total. The number of nitrogens with zero attached hydrogens (tertiary/aromatic N) is 1. The van der Waals surface area contributed by atoms with E-state index >= 15 is 0 Å². The molecule has 1 aromatic heterocycles. The first kappa shape index (κ1) is 27.8. The van der Waals surface area contributed by atoms with E-state index in [4.69, 9.17) is 21.1 Å². The van der Waals surface area contributed by atoms with Gasteiger partial charge < -0.3 is 14.6 Å². The molecule has 36 heavy (non-hydrogen) atoms. The van der Waals surface area contributed by atoms with Crippen molar-refractivity contribution in [3.63, 3.8) is 0 Å². The Labute approximate surface area is 209 Å². The quantitative estimate of drug-likeness (QED) is 0.306. The molecule has 2 unspecified atom stereocenters. The van der Waals surface area contributed by atoms with Gasteiger partial charge in [0, 0.05) is 18.9 Å². The van der Waals surface area contributed by atoms with Crippen LogP contribution in [0.3, 0.4) is 0 Å². The zero-order chi connectivity index (χ0) is 26.8. The summed E-state index contributed by atoms with van der Waals surface area (Å²) < 4.78 is 92.9. The maximum atomic E-state index is 14.6. The van der Waals surface area contributed by atoms with Gasteiger partial charge in [-0.2, -0.15) is 17.9 Å². The average molecular weight is 549 g/mol. The summed E-state index contributed by atoms with van der Waals surface area (Å²) in [6.45, 7) is 1.63. The van der Waals surface area contributed by atoms with Crippen LogP contribution in [-0.4, -0.2) is 32.7 Å². The lowest BCUT2D eigenvalue weighted by molar-refractivity contribution is -0.137. The molecule has 3 aromatic rings. The number of alkyl halides is 3. The molecule has 0 bridgehead atoms. The maximum absolute atomic E-state index is 14.6. The second-order valence-electron chi connectivity index (χ2n) is 7.62. The van der Waals surface area contributed by atoms with E-state index in [1.165, 1.54) is 31.5 Å². The van der Waals surface area contributed by atoms with Crippen LogP contribution in [0.5, 0.6) is 5.75 Å². The molecule has 0 radical (unpaired) electrons. The van der Waals surface area contributed by atoms with Crippen LogP contribution in [0.2, 0.25) is 5.02 Å². The highest BCUT2D eigenvalue weighted by Crippen LogP contribution is 2.37. The van der Waals surface area contributed by atoms with Crippen molar-refractivity contribution in [2.45, 2.75) is 30.3 Å². The van der Waals surface area contributed by atoms with Crippen LogP contribution in [0.1, 0.15) is 40.3 Å². The van der Waals surface area contributed by atoms with Gasteiger partial charge in [-0.05, 0) is 48.9 Å². The smallest absolute Gasteiger partial charge is 0.417 e. The van der Waals surface area contributed by atoms with Crippen LogP contribution in [0.25, 0.3) is 0 Å². The Hall–Kier alpha value is -2.77. The molecule has 2 atom stereocenters. The van der Waals surface area contributed by atoms with Crippen molar-refractivity contribution in [2.24, 2.45) is 0 Å². The van der Waals surface area contributed by atoms with Crippen molar-refractivity contribution in [3.05, 3.63) is 87.4 Å². The summed E-state index contributed by atoms with van der Waals surface area (Å²) >= 11 is 5.59. The molecule has 2 aromatic carbocycles. The van der Waals surface area contributed by atoms with Crippen molar-refractivity contribution < 1.29 is 40.6 Å². The lowest BCUT2D eigenvalue weighted by Crippen LogP contribution is -2.31. The third kappa shape index (κ3) is 5.79.